The molecule has 7 heteroatoms. The molecular weight excluding hydrogens is 336 g/mol. The highest BCUT2D eigenvalue weighted by Gasteiger charge is 2.28. The highest BCUT2D eigenvalue weighted by molar-refractivity contribution is 7.98. The summed E-state index contributed by atoms with van der Waals surface area (Å²) in [6.45, 7) is 6.16. The van der Waals surface area contributed by atoms with Gasteiger partial charge in [-0.2, -0.15) is 0 Å². The van der Waals surface area contributed by atoms with Gasteiger partial charge in [-0.25, -0.2) is 9.97 Å². The molecule has 3 heterocycles. The number of rotatable bonds is 5. The number of aryl methyl sites for hydroxylation is 1. The summed E-state index contributed by atoms with van der Waals surface area (Å²) in [6.07, 6.45) is 5.06. The van der Waals surface area contributed by atoms with Gasteiger partial charge in [0.05, 0.1) is 12.5 Å². The number of carbonyl (C=O) groups excluding carboxylic acids is 1. The van der Waals surface area contributed by atoms with Gasteiger partial charge in [0.25, 0.3) is 0 Å². The summed E-state index contributed by atoms with van der Waals surface area (Å²) in [4.78, 5) is 25.8. The van der Waals surface area contributed by atoms with Crippen LogP contribution in [0.5, 0.6) is 0 Å². The molecule has 138 valence electrons. The van der Waals surface area contributed by atoms with E-state index < -0.39 is 0 Å². The van der Waals surface area contributed by atoms with Crippen molar-refractivity contribution in [3.05, 3.63) is 11.8 Å². The highest BCUT2D eigenvalue weighted by atomic mass is 32.2. The third-order valence-corrected chi connectivity index (χ3v) is 5.68. The van der Waals surface area contributed by atoms with E-state index in [0.717, 1.165) is 62.2 Å². The van der Waals surface area contributed by atoms with Crippen LogP contribution in [0.1, 0.15) is 25.0 Å². The van der Waals surface area contributed by atoms with Gasteiger partial charge in [-0.15, -0.1) is 0 Å². The Hall–Kier alpha value is -1.34. The number of hydrogen-bond donors (Lipinski definition) is 0. The van der Waals surface area contributed by atoms with Gasteiger partial charge in [0.1, 0.15) is 5.82 Å². The fraction of sp³-hybridized carbons (Fsp3) is 0.722. The Morgan fingerprint density at radius 1 is 1.36 bits per heavy atom. The molecule has 0 aliphatic carbocycles. The number of carbonyl (C=O) groups is 1. The van der Waals surface area contributed by atoms with E-state index in [4.69, 9.17) is 4.74 Å². The van der Waals surface area contributed by atoms with E-state index in [-0.39, 0.29) is 11.8 Å². The average Bonchev–Trinajstić information content (AvgIpc) is 3.15. The monoisotopic (exact) mass is 364 g/mol. The fourth-order valence-corrected chi connectivity index (χ4v) is 4.06. The smallest absolute Gasteiger partial charge is 0.227 e. The summed E-state index contributed by atoms with van der Waals surface area (Å²) >= 11 is 1.58. The van der Waals surface area contributed by atoms with Gasteiger partial charge in [-0.05, 0) is 38.4 Å². The Balaban J connectivity index is 1.51. The molecule has 25 heavy (non-hydrogen) atoms. The van der Waals surface area contributed by atoms with Crippen molar-refractivity contribution < 1.29 is 9.53 Å². The van der Waals surface area contributed by atoms with Gasteiger partial charge in [0.2, 0.25) is 5.91 Å². The third kappa shape index (κ3) is 4.64. The van der Waals surface area contributed by atoms with Gasteiger partial charge in [-0.3, -0.25) is 4.79 Å². The molecule has 1 aromatic rings. The van der Waals surface area contributed by atoms with Crippen LogP contribution in [0.2, 0.25) is 0 Å². The summed E-state index contributed by atoms with van der Waals surface area (Å²) in [5.74, 6) is 1.91. The Labute approximate surface area is 154 Å². The van der Waals surface area contributed by atoms with Crippen LogP contribution in [0.3, 0.4) is 0 Å². The van der Waals surface area contributed by atoms with Crippen molar-refractivity contribution in [2.45, 2.75) is 31.3 Å². The minimum Gasteiger partial charge on any atom is -0.381 e. The van der Waals surface area contributed by atoms with Crippen molar-refractivity contribution in [2.24, 2.45) is 11.8 Å². The van der Waals surface area contributed by atoms with Crippen molar-refractivity contribution in [3.63, 3.8) is 0 Å². The van der Waals surface area contributed by atoms with E-state index in [1.54, 1.807) is 11.8 Å². The number of anilines is 1. The molecule has 0 saturated carbocycles. The average molecular weight is 365 g/mol. The normalized spacial score (nSPS) is 21.6. The van der Waals surface area contributed by atoms with Crippen LogP contribution in [-0.4, -0.2) is 66.9 Å². The summed E-state index contributed by atoms with van der Waals surface area (Å²) in [7, 11) is 1.94. The van der Waals surface area contributed by atoms with E-state index in [2.05, 4.69) is 20.9 Å². The van der Waals surface area contributed by atoms with E-state index in [0.29, 0.717) is 12.5 Å². The van der Waals surface area contributed by atoms with E-state index >= 15 is 0 Å². The molecule has 1 amide bonds. The lowest BCUT2D eigenvalue weighted by molar-refractivity contribution is -0.134. The SMILES string of the molecule is CSc1nc(C)cc(N2CCC(CN(C)C(=O)C3CCOC3)CC2)n1. The first-order chi connectivity index (χ1) is 12.1. The number of thioether (sulfide) groups is 1. The second kappa shape index (κ2) is 8.36. The molecule has 1 aromatic heterocycles. The minimum atomic E-state index is 0.0686. The summed E-state index contributed by atoms with van der Waals surface area (Å²) in [5.41, 5.74) is 1.01. The molecule has 0 N–H and O–H groups in total. The Kier molecular flexibility index (Phi) is 6.17. The van der Waals surface area contributed by atoms with Crippen LogP contribution in [0, 0.1) is 18.8 Å². The number of nitrogens with zero attached hydrogens (tertiary/aromatic N) is 4. The molecule has 0 bridgehead atoms. The van der Waals surface area contributed by atoms with Crippen LogP contribution >= 0.6 is 11.8 Å². The van der Waals surface area contributed by atoms with Crippen LogP contribution in [-0.2, 0) is 9.53 Å². The Morgan fingerprint density at radius 2 is 2.12 bits per heavy atom. The van der Waals surface area contributed by atoms with Crippen LogP contribution < -0.4 is 4.90 Å². The first-order valence-electron chi connectivity index (χ1n) is 9.04. The fourth-order valence-electron chi connectivity index (χ4n) is 3.64. The largest absolute Gasteiger partial charge is 0.381 e. The number of ether oxygens (including phenoxy) is 1. The third-order valence-electron chi connectivity index (χ3n) is 5.13. The van der Waals surface area contributed by atoms with Crippen LogP contribution in [0.15, 0.2) is 11.2 Å². The summed E-state index contributed by atoms with van der Waals surface area (Å²) < 4.78 is 5.34. The zero-order valence-corrected chi connectivity index (χ0v) is 16.2. The molecule has 3 rings (SSSR count). The molecule has 2 fully saturated rings. The van der Waals surface area contributed by atoms with Crippen molar-refractivity contribution in [2.75, 3.05) is 51.1 Å². The Morgan fingerprint density at radius 3 is 2.76 bits per heavy atom. The maximum Gasteiger partial charge on any atom is 0.227 e. The minimum absolute atomic E-state index is 0.0686. The van der Waals surface area contributed by atoms with Crippen molar-refractivity contribution >= 4 is 23.5 Å². The molecule has 2 aliphatic heterocycles. The molecule has 2 saturated heterocycles. The predicted molar refractivity (Wildman–Crippen MR) is 100 cm³/mol. The van der Waals surface area contributed by atoms with E-state index in [9.17, 15) is 4.79 Å². The molecule has 1 atom stereocenters. The van der Waals surface area contributed by atoms with Crippen molar-refractivity contribution in [1.82, 2.24) is 14.9 Å². The molecule has 0 radical (unpaired) electrons. The lowest BCUT2D eigenvalue weighted by Gasteiger charge is -2.35. The van der Waals surface area contributed by atoms with Gasteiger partial charge >= 0.3 is 0 Å². The molecular formula is C18H28N4O2S. The second-order valence-corrected chi connectivity index (χ2v) is 7.84. The van der Waals surface area contributed by atoms with Crippen molar-refractivity contribution in [1.29, 1.82) is 0 Å². The standard InChI is InChI=1S/C18H28N4O2S/c1-13-10-16(20-18(19-13)25-3)22-7-4-14(5-8-22)11-21(2)17(23)15-6-9-24-12-15/h10,14-15H,4-9,11-12H2,1-3H3. The van der Waals surface area contributed by atoms with Crippen LogP contribution in [0.25, 0.3) is 0 Å². The molecule has 0 aromatic carbocycles. The van der Waals surface area contributed by atoms with Crippen LogP contribution in [0.4, 0.5) is 5.82 Å². The number of hydrogen-bond acceptors (Lipinski definition) is 6. The summed E-state index contributed by atoms with van der Waals surface area (Å²) in [5, 5.41) is 0.834. The van der Waals surface area contributed by atoms with Gasteiger partial charge < -0.3 is 14.5 Å². The number of piperidine rings is 1. The predicted octanol–water partition coefficient (Wildman–Crippen LogP) is 2.22. The Bertz CT molecular complexity index is 599. The maximum atomic E-state index is 12.4. The molecule has 1 unspecified atom stereocenters. The zero-order valence-electron chi connectivity index (χ0n) is 15.4. The lowest BCUT2D eigenvalue weighted by atomic mass is 9.95. The highest BCUT2D eigenvalue weighted by Crippen LogP contribution is 2.25. The van der Waals surface area contributed by atoms with Gasteiger partial charge in [-0.1, -0.05) is 11.8 Å². The molecule has 0 spiro atoms. The number of amides is 1. The lowest BCUT2D eigenvalue weighted by Crippen LogP contribution is -2.41. The van der Waals surface area contributed by atoms with E-state index in [1.165, 1.54) is 0 Å². The van der Waals surface area contributed by atoms with Gasteiger partial charge in [0.15, 0.2) is 5.16 Å². The van der Waals surface area contributed by atoms with Crippen molar-refractivity contribution in [3.8, 4) is 0 Å². The maximum absolute atomic E-state index is 12.4. The second-order valence-electron chi connectivity index (χ2n) is 7.06. The zero-order chi connectivity index (χ0) is 17.8. The van der Waals surface area contributed by atoms with E-state index in [1.807, 2.05) is 25.1 Å². The molecule has 6 nitrogen and oxygen atoms in total. The van der Waals surface area contributed by atoms with Gasteiger partial charge in [0, 0.05) is 45.0 Å². The molecule has 2 aliphatic rings. The quantitative estimate of drug-likeness (QED) is 0.590. The summed E-state index contributed by atoms with van der Waals surface area (Å²) in [6, 6.07) is 2.07. The first kappa shape index (κ1) is 18.5. The number of aromatic nitrogens is 2. The topological polar surface area (TPSA) is 58.6 Å². The first-order valence-corrected chi connectivity index (χ1v) is 10.3.